The monoisotopic (exact) mass is 256 g/mol. The van der Waals surface area contributed by atoms with Crippen molar-refractivity contribution in [2.24, 2.45) is 0 Å². The summed E-state index contributed by atoms with van der Waals surface area (Å²) in [6.45, 7) is 4.79. The first kappa shape index (κ1) is 18.6. The molecule has 1 aromatic carbocycles. The second-order valence-electron chi connectivity index (χ2n) is 2.55. The maximum absolute atomic E-state index is 8.88. The van der Waals surface area contributed by atoms with E-state index in [1.54, 1.807) is 0 Å². The summed E-state index contributed by atoms with van der Waals surface area (Å²) in [5.41, 5.74) is 1.20. The molecular weight excluding hydrogens is 242 g/mol. The zero-order chi connectivity index (χ0) is 11.7. The predicted molar refractivity (Wildman–Crippen MR) is 55.7 cm³/mol. The van der Waals surface area contributed by atoms with E-state index >= 15 is 0 Å². The van der Waals surface area contributed by atoms with E-state index in [9.17, 15) is 0 Å². The van der Waals surface area contributed by atoms with Crippen LogP contribution in [0.2, 0.25) is 0 Å². The van der Waals surface area contributed by atoms with Crippen LogP contribution in [0.15, 0.2) is 30.3 Å². The molecule has 0 fully saturated rings. The van der Waals surface area contributed by atoms with Gasteiger partial charge in [0.2, 0.25) is 0 Å². The third-order valence-electron chi connectivity index (χ3n) is 1.26. The molecule has 0 aliphatic heterocycles. The van der Waals surface area contributed by atoms with Gasteiger partial charge < -0.3 is 26.3 Å². The van der Waals surface area contributed by atoms with Crippen molar-refractivity contribution in [3.63, 3.8) is 0 Å². The molecule has 16 heavy (non-hydrogen) atoms. The van der Waals surface area contributed by atoms with E-state index in [0.717, 1.165) is 0 Å². The van der Waals surface area contributed by atoms with Crippen LogP contribution >= 0.6 is 7.82 Å². The number of benzene rings is 1. The van der Waals surface area contributed by atoms with Gasteiger partial charge in [0.05, 0.1) is 6.61 Å². The Morgan fingerprint density at radius 2 is 1.62 bits per heavy atom. The van der Waals surface area contributed by atoms with Crippen LogP contribution in [0.3, 0.4) is 0 Å². The Kier molecular flexibility index (Phi) is 12.2. The summed E-state index contributed by atoms with van der Waals surface area (Å²) in [6.07, 6.45) is 0. The van der Waals surface area contributed by atoms with Gasteiger partial charge in [-0.15, -0.1) is 0 Å². The summed E-state index contributed by atoms with van der Waals surface area (Å²) in [4.78, 5) is 21.6. The van der Waals surface area contributed by atoms with Gasteiger partial charge in [0, 0.05) is 0 Å². The Bertz CT molecular complexity index is 292. The topological polar surface area (TPSA) is 87.0 Å². The molecule has 1 aromatic rings. The number of ether oxygens (including phenoxy) is 1. The first-order valence-electron chi connectivity index (χ1n) is 4.12. The van der Waals surface area contributed by atoms with Crippen molar-refractivity contribution >= 4 is 7.82 Å². The van der Waals surface area contributed by atoms with E-state index in [1.165, 1.54) is 5.56 Å². The first-order chi connectivity index (χ1) is 6.93. The van der Waals surface area contributed by atoms with Crippen LogP contribution in [0.1, 0.15) is 5.56 Å². The number of phosphoric acid groups is 1. The summed E-state index contributed by atoms with van der Waals surface area (Å²) >= 11 is 0. The molecule has 0 aliphatic carbocycles. The zero-order valence-corrected chi connectivity index (χ0v) is 12.0. The Morgan fingerprint density at radius 3 is 2.00 bits per heavy atom. The van der Waals surface area contributed by atoms with Crippen LogP contribution in [0.5, 0.6) is 0 Å². The average Bonchev–Trinajstić information content (AvgIpc) is 2.14. The minimum atomic E-state index is -4.64. The second kappa shape index (κ2) is 10.4. The molecule has 86 valence electrons. The maximum Gasteiger partial charge on any atom is 1.00 e. The van der Waals surface area contributed by atoms with Gasteiger partial charge in [-0.1, -0.05) is 36.9 Å². The van der Waals surface area contributed by atoms with Gasteiger partial charge in [0.25, 0.3) is 0 Å². The second-order valence-corrected chi connectivity index (χ2v) is 3.58. The number of hydrogen-bond acceptors (Lipinski definition) is 2. The quantitative estimate of drug-likeness (QED) is 0.334. The molecule has 0 radical (unpaired) electrons. The molecule has 0 saturated carbocycles. The molecule has 0 saturated heterocycles. The molecule has 1 rings (SSSR count). The molecule has 0 amide bonds. The maximum atomic E-state index is 8.88. The normalized spacial score (nSPS) is 9.75. The van der Waals surface area contributed by atoms with Crippen LogP contribution in [0.25, 0.3) is 0 Å². The van der Waals surface area contributed by atoms with E-state index in [0.29, 0.717) is 13.2 Å². The molecule has 0 spiro atoms. The van der Waals surface area contributed by atoms with E-state index < -0.39 is 7.82 Å². The number of hydrogen-bond donors (Lipinski definition) is 3. The molecule has 0 heterocycles. The Balaban J connectivity index is 0. The molecule has 5 nitrogen and oxygen atoms in total. The summed E-state index contributed by atoms with van der Waals surface area (Å²) in [5, 5.41) is 0. The van der Waals surface area contributed by atoms with Crippen molar-refractivity contribution in [3.05, 3.63) is 42.8 Å². The summed E-state index contributed by atoms with van der Waals surface area (Å²) in [5.74, 6) is 0. The van der Waals surface area contributed by atoms with Gasteiger partial charge >= 0.3 is 37.4 Å². The van der Waals surface area contributed by atoms with E-state index in [-0.39, 0.29) is 29.6 Å². The van der Waals surface area contributed by atoms with Gasteiger partial charge in [-0.25, -0.2) is 4.57 Å². The Morgan fingerprint density at radius 1 is 1.19 bits per heavy atom. The molecule has 7 heteroatoms. The smallest absolute Gasteiger partial charge is 0.409 e. The van der Waals surface area contributed by atoms with Crippen LogP contribution in [-0.4, -0.2) is 21.3 Å². The fourth-order valence-corrected chi connectivity index (χ4v) is 0.764. The van der Waals surface area contributed by atoms with Crippen LogP contribution < -0.4 is 29.6 Å². The SMILES string of the molecule is O=P(O)(O)O.[CH2-]COCc1ccccc1.[Na+]. The van der Waals surface area contributed by atoms with Crippen molar-refractivity contribution < 1.29 is 53.5 Å². The van der Waals surface area contributed by atoms with Crippen LogP contribution in [0, 0.1) is 6.92 Å². The fraction of sp³-hybridized carbons (Fsp3) is 0.222. The zero-order valence-electron chi connectivity index (χ0n) is 9.11. The third kappa shape index (κ3) is 16.7. The minimum Gasteiger partial charge on any atom is -0.409 e. The standard InChI is InChI=1S/C9H11O.Na.H3O4P/c1-2-10-8-9-6-4-3-5-7-9;;1-5(2,3)4/h3-7H,1-2,8H2;;(H3,1,2,3,4)/q-1;+1;. The van der Waals surface area contributed by atoms with Crippen LogP contribution in [0.4, 0.5) is 0 Å². The summed E-state index contributed by atoms with van der Waals surface area (Å²) in [6, 6.07) is 10.1. The van der Waals surface area contributed by atoms with Gasteiger partial charge in [-0.3, -0.25) is 0 Å². The molecule has 0 aliphatic rings. The fourth-order valence-electron chi connectivity index (χ4n) is 0.764. The van der Waals surface area contributed by atoms with E-state index in [2.05, 4.69) is 6.92 Å². The first-order valence-corrected chi connectivity index (χ1v) is 5.69. The molecule has 0 bridgehead atoms. The molecule has 0 atom stereocenters. The Hall–Kier alpha value is 0.290. The van der Waals surface area contributed by atoms with Crippen molar-refractivity contribution in [3.8, 4) is 0 Å². The summed E-state index contributed by atoms with van der Waals surface area (Å²) < 4.78 is 14.0. The molecular formula is C9H14NaO5P. The third-order valence-corrected chi connectivity index (χ3v) is 1.26. The summed E-state index contributed by atoms with van der Waals surface area (Å²) in [7, 11) is -4.64. The average molecular weight is 256 g/mol. The molecule has 0 aromatic heterocycles. The predicted octanol–water partition coefficient (Wildman–Crippen LogP) is -1.89. The molecule has 0 unspecified atom stereocenters. The van der Waals surface area contributed by atoms with Crippen LogP contribution in [-0.2, 0) is 15.9 Å². The van der Waals surface area contributed by atoms with Crippen molar-refractivity contribution in [1.82, 2.24) is 0 Å². The minimum absolute atomic E-state index is 0. The van der Waals surface area contributed by atoms with E-state index in [4.69, 9.17) is 24.0 Å². The van der Waals surface area contributed by atoms with Crippen molar-refractivity contribution in [1.29, 1.82) is 0 Å². The number of rotatable bonds is 3. The van der Waals surface area contributed by atoms with Gasteiger partial charge in [-0.2, -0.15) is 0 Å². The van der Waals surface area contributed by atoms with Crippen molar-refractivity contribution in [2.75, 3.05) is 6.61 Å². The largest absolute Gasteiger partial charge is 1.00 e. The van der Waals surface area contributed by atoms with Gasteiger partial charge in [0.15, 0.2) is 0 Å². The van der Waals surface area contributed by atoms with Crippen molar-refractivity contribution in [2.45, 2.75) is 6.61 Å². The molecule has 3 N–H and O–H groups in total. The Labute approximate surface area is 117 Å². The van der Waals surface area contributed by atoms with E-state index in [1.807, 2.05) is 30.3 Å². The van der Waals surface area contributed by atoms with Gasteiger partial charge in [0.1, 0.15) is 0 Å². The van der Waals surface area contributed by atoms with Gasteiger partial charge in [-0.05, 0) is 5.56 Å².